The Balaban J connectivity index is 2.04. The average molecular weight is 528 g/mol. The highest BCUT2D eigenvalue weighted by Crippen LogP contribution is 2.50. The highest BCUT2D eigenvalue weighted by molar-refractivity contribution is 6.31. The Kier molecular flexibility index (Phi) is 7.80. The number of alkyl halides is 3. The van der Waals surface area contributed by atoms with E-state index in [1.165, 1.54) is 31.2 Å². The summed E-state index contributed by atoms with van der Waals surface area (Å²) in [4.78, 5) is 25.8. The van der Waals surface area contributed by atoms with Crippen LogP contribution in [-0.4, -0.2) is 28.8 Å². The molecule has 3 aromatic rings. The van der Waals surface area contributed by atoms with Gasteiger partial charge in [0, 0.05) is 28.3 Å². The molecule has 1 aromatic heterocycles. The molecule has 11 heteroatoms. The summed E-state index contributed by atoms with van der Waals surface area (Å²) < 4.78 is 67.4. The number of carbonyl (C=O) groups excluding carboxylic acids is 1. The summed E-state index contributed by atoms with van der Waals surface area (Å²) in [7, 11) is 0. The van der Waals surface area contributed by atoms with E-state index >= 15 is 0 Å². The molecule has 36 heavy (non-hydrogen) atoms. The van der Waals surface area contributed by atoms with Crippen LogP contribution in [0.3, 0.4) is 0 Å². The predicted molar refractivity (Wildman–Crippen MR) is 124 cm³/mol. The third-order valence-electron chi connectivity index (χ3n) is 5.69. The van der Waals surface area contributed by atoms with Crippen molar-refractivity contribution in [2.24, 2.45) is 0 Å². The first kappa shape index (κ1) is 27.2. The van der Waals surface area contributed by atoms with E-state index in [1.807, 2.05) is 0 Å². The number of aromatic nitrogens is 1. The van der Waals surface area contributed by atoms with E-state index < -0.39 is 40.6 Å². The molecular formula is C25H22ClF4NO5. The number of hydrogen-bond donors (Lipinski definition) is 2. The van der Waals surface area contributed by atoms with Gasteiger partial charge in [0.1, 0.15) is 17.3 Å². The number of pyridine rings is 1. The van der Waals surface area contributed by atoms with Crippen molar-refractivity contribution in [1.29, 1.82) is 0 Å². The fourth-order valence-electron chi connectivity index (χ4n) is 3.83. The Hall–Kier alpha value is -3.37. The summed E-state index contributed by atoms with van der Waals surface area (Å²) in [6, 6.07) is 8.98. The second-order valence-electron chi connectivity index (χ2n) is 7.99. The highest BCUT2D eigenvalue weighted by Gasteiger charge is 2.59. The fourth-order valence-corrected chi connectivity index (χ4v) is 4.11. The standard InChI is InChI=1S/C25H22ClF4NO5/c1-4-35-23(33)18-12-16(6-9-21(18)27)36-15-5-8-20(26)17(11-15)13(2)24(34,25(28,29)30)19-7-10-22(32)31-14(19)3/h5-13,34H,4H2,1-3H3,(H,31,32). The molecule has 2 N–H and O–H groups in total. The van der Waals surface area contributed by atoms with Crippen LogP contribution in [0, 0.1) is 12.7 Å². The third-order valence-corrected chi connectivity index (χ3v) is 6.03. The number of halogens is 5. The minimum absolute atomic E-state index is 0.0166. The molecule has 0 spiro atoms. The van der Waals surface area contributed by atoms with Crippen molar-refractivity contribution in [3.05, 3.63) is 92.1 Å². The molecule has 0 fully saturated rings. The number of aryl methyl sites for hydroxylation is 1. The molecule has 2 unspecified atom stereocenters. The molecule has 0 saturated carbocycles. The maximum Gasteiger partial charge on any atom is 0.422 e. The molecule has 2 aromatic carbocycles. The maximum absolute atomic E-state index is 14.3. The van der Waals surface area contributed by atoms with Crippen LogP contribution in [-0.2, 0) is 10.3 Å². The number of nitrogens with one attached hydrogen (secondary N) is 1. The molecule has 6 nitrogen and oxygen atoms in total. The quantitative estimate of drug-likeness (QED) is 0.291. The minimum atomic E-state index is -5.15. The van der Waals surface area contributed by atoms with E-state index in [1.54, 1.807) is 6.92 Å². The Morgan fingerprint density at radius 3 is 2.36 bits per heavy atom. The monoisotopic (exact) mass is 527 g/mol. The molecule has 192 valence electrons. The lowest BCUT2D eigenvalue weighted by Gasteiger charge is -2.37. The number of H-pyrrole nitrogens is 1. The number of hydrogen-bond acceptors (Lipinski definition) is 5. The minimum Gasteiger partial charge on any atom is -0.462 e. The number of ether oxygens (including phenoxy) is 2. The number of esters is 1. The Morgan fingerprint density at radius 2 is 1.75 bits per heavy atom. The second-order valence-corrected chi connectivity index (χ2v) is 8.40. The Morgan fingerprint density at radius 1 is 1.11 bits per heavy atom. The normalized spacial score (nSPS) is 14.1. The average Bonchev–Trinajstić information content (AvgIpc) is 2.80. The van der Waals surface area contributed by atoms with Crippen molar-refractivity contribution in [1.82, 2.24) is 4.98 Å². The Labute approximate surface area is 208 Å². The van der Waals surface area contributed by atoms with Crippen molar-refractivity contribution in [2.75, 3.05) is 6.61 Å². The number of rotatable bonds is 7. The zero-order valence-corrected chi connectivity index (χ0v) is 20.1. The number of aliphatic hydroxyl groups is 1. The van der Waals surface area contributed by atoms with Crippen LogP contribution in [0.15, 0.2) is 53.3 Å². The van der Waals surface area contributed by atoms with Gasteiger partial charge in [-0.1, -0.05) is 18.5 Å². The van der Waals surface area contributed by atoms with Gasteiger partial charge < -0.3 is 19.6 Å². The first-order valence-corrected chi connectivity index (χ1v) is 11.1. The summed E-state index contributed by atoms with van der Waals surface area (Å²) in [6.07, 6.45) is -5.15. The van der Waals surface area contributed by atoms with Crippen LogP contribution in [0.4, 0.5) is 17.6 Å². The smallest absolute Gasteiger partial charge is 0.422 e. The van der Waals surface area contributed by atoms with Crippen molar-refractivity contribution < 1.29 is 36.9 Å². The van der Waals surface area contributed by atoms with Gasteiger partial charge in [0.25, 0.3) is 0 Å². The number of aromatic amines is 1. The van der Waals surface area contributed by atoms with Crippen LogP contribution < -0.4 is 10.3 Å². The third kappa shape index (κ3) is 5.24. The summed E-state index contributed by atoms with van der Waals surface area (Å²) >= 11 is 6.22. The van der Waals surface area contributed by atoms with E-state index in [0.29, 0.717) is 0 Å². The lowest BCUT2D eigenvalue weighted by Crippen LogP contribution is -2.47. The molecule has 3 rings (SSSR count). The van der Waals surface area contributed by atoms with Crippen molar-refractivity contribution in [2.45, 2.75) is 38.5 Å². The molecule has 2 atom stereocenters. The van der Waals surface area contributed by atoms with Crippen LogP contribution in [0.5, 0.6) is 11.5 Å². The maximum atomic E-state index is 14.3. The van der Waals surface area contributed by atoms with Gasteiger partial charge in [0.2, 0.25) is 5.56 Å². The molecule has 0 aliphatic heterocycles. The summed E-state index contributed by atoms with van der Waals surface area (Å²) in [6.45, 7) is 3.97. The van der Waals surface area contributed by atoms with Gasteiger partial charge in [-0.25, -0.2) is 9.18 Å². The molecule has 0 aliphatic carbocycles. The summed E-state index contributed by atoms with van der Waals surface area (Å²) in [5.74, 6) is -3.36. The van der Waals surface area contributed by atoms with Gasteiger partial charge in [0.15, 0.2) is 5.60 Å². The second kappa shape index (κ2) is 10.3. The van der Waals surface area contributed by atoms with Crippen molar-refractivity contribution in [3.63, 3.8) is 0 Å². The van der Waals surface area contributed by atoms with Crippen molar-refractivity contribution in [3.8, 4) is 11.5 Å². The van der Waals surface area contributed by atoms with Gasteiger partial charge in [-0.3, -0.25) is 4.79 Å². The predicted octanol–water partition coefficient (Wildman–Crippen LogP) is 6.00. The van der Waals surface area contributed by atoms with E-state index in [0.717, 1.165) is 31.2 Å². The molecule has 1 heterocycles. The molecule has 0 saturated heterocycles. The molecule has 0 bridgehead atoms. The van der Waals surface area contributed by atoms with Gasteiger partial charge in [-0.2, -0.15) is 13.2 Å². The zero-order chi connectivity index (χ0) is 26.8. The molecule has 0 amide bonds. The molecule has 0 aliphatic rings. The van der Waals surface area contributed by atoms with Crippen LogP contribution in [0.1, 0.15) is 46.9 Å². The number of benzene rings is 2. The number of carbonyl (C=O) groups is 1. The fraction of sp³-hybridized carbons (Fsp3) is 0.280. The van der Waals surface area contributed by atoms with Gasteiger partial charge in [0.05, 0.1) is 12.2 Å². The van der Waals surface area contributed by atoms with Gasteiger partial charge in [-0.05, 0) is 61.9 Å². The van der Waals surface area contributed by atoms with E-state index in [2.05, 4.69) is 4.98 Å². The first-order chi connectivity index (χ1) is 16.8. The SMILES string of the molecule is CCOC(=O)c1cc(Oc2ccc(Cl)c(C(C)C(O)(c3ccc(=O)[nH]c3C)C(F)(F)F)c2)ccc1F. The van der Waals surface area contributed by atoms with Crippen LogP contribution in [0.25, 0.3) is 0 Å². The summed E-state index contributed by atoms with van der Waals surface area (Å²) in [5, 5.41) is 11.0. The van der Waals surface area contributed by atoms with E-state index in [-0.39, 0.29) is 39.9 Å². The van der Waals surface area contributed by atoms with Crippen LogP contribution in [0.2, 0.25) is 5.02 Å². The van der Waals surface area contributed by atoms with Gasteiger partial charge in [-0.15, -0.1) is 0 Å². The zero-order valence-electron chi connectivity index (χ0n) is 19.4. The van der Waals surface area contributed by atoms with Crippen molar-refractivity contribution >= 4 is 17.6 Å². The highest BCUT2D eigenvalue weighted by atomic mass is 35.5. The largest absolute Gasteiger partial charge is 0.462 e. The first-order valence-electron chi connectivity index (χ1n) is 10.7. The van der Waals surface area contributed by atoms with E-state index in [4.69, 9.17) is 21.1 Å². The molecular weight excluding hydrogens is 506 g/mol. The van der Waals surface area contributed by atoms with Crippen LogP contribution >= 0.6 is 11.6 Å². The Bertz CT molecular complexity index is 1340. The lowest BCUT2D eigenvalue weighted by molar-refractivity contribution is -0.274. The summed E-state index contributed by atoms with van der Waals surface area (Å²) in [5.41, 5.74) is -5.22. The lowest BCUT2D eigenvalue weighted by atomic mass is 9.77. The molecule has 0 radical (unpaired) electrons. The topological polar surface area (TPSA) is 88.6 Å². The van der Waals surface area contributed by atoms with E-state index in [9.17, 15) is 32.3 Å². The van der Waals surface area contributed by atoms with Gasteiger partial charge >= 0.3 is 12.1 Å².